The Morgan fingerprint density at radius 2 is 1.58 bits per heavy atom. The molecule has 0 radical (unpaired) electrons. The van der Waals surface area contributed by atoms with Crippen LogP contribution in [0.1, 0.15) is 22.3 Å². The van der Waals surface area contributed by atoms with E-state index in [1.807, 2.05) is 18.2 Å². The Labute approximate surface area is 153 Å². The number of amides is 1. The van der Waals surface area contributed by atoms with E-state index >= 15 is 0 Å². The molecular weight excluding hydrogens is 354 g/mol. The average molecular weight is 375 g/mol. The topological polar surface area (TPSA) is 89.5 Å². The number of hydrogen-bond donors (Lipinski definition) is 1. The number of esters is 1. The third-order valence-corrected chi connectivity index (χ3v) is 4.60. The highest BCUT2D eigenvalue weighted by atomic mass is 32.2. The number of hydrogen-bond acceptors (Lipinski definition) is 5. The van der Waals surface area contributed by atoms with E-state index < -0.39 is 27.8 Å². The van der Waals surface area contributed by atoms with Gasteiger partial charge in [-0.15, -0.1) is 0 Å². The summed E-state index contributed by atoms with van der Waals surface area (Å²) >= 11 is 0. The van der Waals surface area contributed by atoms with Crippen LogP contribution in [-0.4, -0.2) is 38.3 Å². The van der Waals surface area contributed by atoms with Gasteiger partial charge in [0.05, 0.1) is 5.75 Å². The fourth-order valence-electron chi connectivity index (χ4n) is 2.24. The Bertz CT molecular complexity index is 835. The molecule has 0 saturated carbocycles. The highest BCUT2D eigenvalue weighted by Crippen LogP contribution is 2.07. The van der Waals surface area contributed by atoms with Gasteiger partial charge in [-0.3, -0.25) is 4.79 Å². The molecule has 6 nitrogen and oxygen atoms in total. The van der Waals surface area contributed by atoms with Crippen LogP contribution < -0.4 is 5.32 Å². The van der Waals surface area contributed by atoms with Crippen LogP contribution in [0.25, 0.3) is 0 Å². The van der Waals surface area contributed by atoms with E-state index in [4.69, 9.17) is 4.74 Å². The second-order valence-corrected chi connectivity index (χ2v) is 8.16. The lowest BCUT2D eigenvalue weighted by atomic mass is 10.1. The summed E-state index contributed by atoms with van der Waals surface area (Å²) in [5.41, 5.74) is 1.19. The molecule has 0 aromatic heterocycles. The van der Waals surface area contributed by atoms with Gasteiger partial charge in [-0.25, -0.2) is 13.2 Å². The lowest BCUT2D eigenvalue weighted by Gasteiger charge is -2.17. The minimum Gasteiger partial charge on any atom is -0.459 e. The highest BCUT2D eigenvalue weighted by molar-refractivity contribution is 7.90. The summed E-state index contributed by atoms with van der Waals surface area (Å²) in [7, 11) is -3.28. The van der Waals surface area contributed by atoms with Gasteiger partial charge in [0.15, 0.2) is 0 Å². The van der Waals surface area contributed by atoms with E-state index in [1.54, 1.807) is 42.5 Å². The van der Waals surface area contributed by atoms with Gasteiger partial charge in [-0.05, 0) is 24.1 Å². The van der Waals surface area contributed by atoms with Crippen molar-refractivity contribution < 1.29 is 22.7 Å². The van der Waals surface area contributed by atoms with Crippen LogP contribution in [0.2, 0.25) is 0 Å². The van der Waals surface area contributed by atoms with Gasteiger partial charge < -0.3 is 10.1 Å². The van der Waals surface area contributed by atoms with Crippen LogP contribution in [0.5, 0.6) is 0 Å². The summed E-state index contributed by atoms with van der Waals surface area (Å²) in [6.07, 6.45) is 1.03. The molecule has 26 heavy (non-hydrogen) atoms. The van der Waals surface area contributed by atoms with Gasteiger partial charge in [0.2, 0.25) is 0 Å². The Kier molecular flexibility index (Phi) is 6.91. The molecular formula is C19H21NO5S. The van der Waals surface area contributed by atoms with Crippen molar-refractivity contribution in [2.45, 2.75) is 19.1 Å². The molecule has 1 N–H and O–H groups in total. The monoisotopic (exact) mass is 375 g/mol. The van der Waals surface area contributed by atoms with E-state index in [0.29, 0.717) is 5.56 Å². The molecule has 2 aromatic rings. The maximum atomic E-state index is 12.4. The predicted molar refractivity (Wildman–Crippen MR) is 98.3 cm³/mol. The van der Waals surface area contributed by atoms with E-state index in [2.05, 4.69) is 5.32 Å². The van der Waals surface area contributed by atoms with Crippen molar-refractivity contribution in [2.24, 2.45) is 0 Å². The smallest absolute Gasteiger partial charge is 0.329 e. The first kappa shape index (κ1) is 19.7. The highest BCUT2D eigenvalue weighted by Gasteiger charge is 2.24. The summed E-state index contributed by atoms with van der Waals surface area (Å²) < 4.78 is 28.1. The molecule has 0 aliphatic heterocycles. The SMILES string of the molecule is CS(=O)(=O)CCC(NC(=O)c1ccccc1)C(=O)OCc1ccccc1. The maximum absolute atomic E-state index is 12.4. The first-order valence-electron chi connectivity index (χ1n) is 8.09. The molecule has 0 saturated heterocycles. The fraction of sp³-hybridized carbons (Fsp3) is 0.263. The minimum atomic E-state index is -3.28. The third kappa shape index (κ3) is 6.68. The molecule has 2 aromatic carbocycles. The summed E-state index contributed by atoms with van der Waals surface area (Å²) in [4.78, 5) is 24.7. The van der Waals surface area contributed by atoms with Crippen molar-refractivity contribution in [1.29, 1.82) is 0 Å². The Morgan fingerprint density at radius 3 is 2.15 bits per heavy atom. The van der Waals surface area contributed by atoms with Gasteiger partial charge in [0, 0.05) is 11.8 Å². The molecule has 2 rings (SSSR count). The van der Waals surface area contributed by atoms with Crippen molar-refractivity contribution in [3.05, 3.63) is 71.8 Å². The van der Waals surface area contributed by atoms with Crippen LogP contribution in [0, 0.1) is 0 Å². The van der Waals surface area contributed by atoms with Gasteiger partial charge in [-0.1, -0.05) is 48.5 Å². The number of carbonyl (C=O) groups is 2. The molecule has 7 heteroatoms. The van der Waals surface area contributed by atoms with Gasteiger partial charge >= 0.3 is 5.97 Å². The third-order valence-electron chi connectivity index (χ3n) is 3.63. The largest absolute Gasteiger partial charge is 0.459 e. The molecule has 0 aliphatic rings. The second kappa shape index (κ2) is 9.15. The summed E-state index contributed by atoms with van der Waals surface area (Å²) in [5, 5.41) is 2.56. The zero-order chi connectivity index (χ0) is 19.0. The van der Waals surface area contributed by atoms with Crippen molar-refractivity contribution in [1.82, 2.24) is 5.32 Å². The first-order chi connectivity index (χ1) is 12.3. The lowest BCUT2D eigenvalue weighted by Crippen LogP contribution is -2.42. The molecule has 0 spiro atoms. The molecule has 1 unspecified atom stereocenters. The van der Waals surface area contributed by atoms with E-state index in [-0.39, 0.29) is 18.8 Å². The Morgan fingerprint density at radius 1 is 1.00 bits per heavy atom. The van der Waals surface area contributed by atoms with Crippen molar-refractivity contribution in [3.63, 3.8) is 0 Å². The second-order valence-electron chi connectivity index (χ2n) is 5.90. The molecule has 0 fully saturated rings. The summed E-state index contributed by atoms with van der Waals surface area (Å²) in [6.45, 7) is 0.0518. The number of rotatable bonds is 8. The van der Waals surface area contributed by atoms with Crippen LogP contribution in [0.3, 0.4) is 0 Å². The van der Waals surface area contributed by atoms with Crippen LogP contribution in [0.4, 0.5) is 0 Å². The average Bonchev–Trinajstić information content (AvgIpc) is 2.63. The van der Waals surface area contributed by atoms with Gasteiger partial charge in [0.1, 0.15) is 22.5 Å². The standard InChI is InChI=1S/C19H21NO5S/c1-26(23,24)13-12-17(20-18(21)16-10-6-3-7-11-16)19(22)25-14-15-8-4-2-5-9-15/h2-11,17H,12-14H2,1H3,(H,20,21). The number of ether oxygens (including phenoxy) is 1. The number of sulfone groups is 1. The Hall–Kier alpha value is -2.67. The van der Waals surface area contributed by atoms with Crippen LogP contribution in [-0.2, 0) is 26.0 Å². The summed E-state index contributed by atoms with van der Waals surface area (Å²) in [5.74, 6) is -1.35. The molecule has 0 bridgehead atoms. The Balaban J connectivity index is 2.04. The predicted octanol–water partition coefficient (Wildman–Crippen LogP) is 1.96. The minimum absolute atomic E-state index is 0.0506. The maximum Gasteiger partial charge on any atom is 0.329 e. The normalized spacial score (nSPS) is 12.2. The van der Waals surface area contributed by atoms with Crippen molar-refractivity contribution in [2.75, 3.05) is 12.0 Å². The van der Waals surface area contributed by atoms with E-state index in [9.17, 15) is 18.0 Å². The van der Waals surface area contributed by atoms with Gasteiger partial charge in [0.25, 0.3) is 5.91 Å². The van der Waals surface area contributed by atoms with Gasteiger partial charge in [-0.2, -0.15) is 0 Å². The van der Waals surface area contributed by atoms with Crippen molar-refractivity contribution in [3.8, 4) is 0 Å². The zero-order valence-electron chi connectivity index (χ0n) is 14.4. The van der Waals surface area contributed by atoms with Crippen LogP contribution >= 0.6 is 0 Å². The number of nitrogens with one attached hydrogen (secondary N) is 1. The van der Waals surface area contributed by atoms with E-state index in [0.717, 1.165) is 11.8 Å². The first-order valence-corrected chi connectivity index (χ1v) is 10.2. The van der Waals surface area contributed by atoms with Crippen molar-refractivity contribution >= 4 is 21.7 Å². The molecule has 1 amide bonds. The molecule has 0 heterocycles. The molecule has 1 atom stereocenters. The molecule has 138 valence electrons. The van der Waals surface area contributed by atoms with E-state index in [1.165, 1.54) is 0 Å². The van der Waals surface area contributed by atoms with Crippen LogP contribution in [0.15, 0.2) is 60.7 Å². The zero-order valence-corrected chi connectivity index (χ0v) is 15.2. The fourth-order valence-corrected chi connectivity index (χ4v) is 2.91. The lowest BCUT2D eigenvalue weighted by molar-refractivity contribution is -0.147. The number of benzene rings is 2. The molecule has 0 aliphatic carbocycles. The quantitative estimate of drug-likeness (QED) is 0.713. The summed E-state index contributed by atoms with van der Waals surface area (Å²) in [6, 6.07) is 16.5. The number of carbonyl (C=O) groups excluding carboxylic acids is 2.